The number of nitrogens with zero attached hydrogens (tertiary/aromatic N) is 6. The molecule has 202 valence electrons. The number of carbonyl (C=O) groups is 1. The first-order chi connectivity index (χ1) is 18.8. The largest absolute Gasteiger partial charge is 0.460 e. The molecule has 5 rings (SSSR count). The number of non-ortho nitro benzene ring substituents is 1. The smallest absolute Gasteiger partial charge is 0.322 e. The number of ether oxygens (including phenoxy) is 1. The van der Waals surface area contributed by atoms with Gasteiger partial charge in [0.1, 0.15) is 6.10 Å². The predicted molar refractivity (Wildman–Crippen MR) is 147 cm³/mol. The molecule has 0 saturated carbocycles. The second kappa shape index (κ2) is 11.0. The van der Waals surface area contributed by atoms with Crippen LogP contribution >= 0.6 is 0 Å². The van der Waals surface area contributed by atoms with Crippen LogP contribution in [0.25, 0.3) is 5.65 Å². The molecule has 0 radical (unpaired) electrons. The van der Waals surface area contributed by atoms with Crippen LogP contribution < -0.4 is 15.4 Å². The van der Waals surface area contributed by atoms with Crippen molar-refractivity contribution in [2.24, 2.45) is 0 Å². The third kappa shape index (κ3) is 5.96. The highest BCUT2D eigenvalue weighted by Gasteiger charge is 2.22. The summed E-state index contributed by atoms with van der Waals surface area (Å²) >= 11 is 0. The predicted octanol–water partition coefficient (Wildman–Crippen LogP) is 4.62. The molecule has 0 spiro atoms. The van der Waals surface area contributed by atoms with Gasteiger partial charge in [-0.1, -0.05) is 19.9 Å². The van der Waals surface area contributed by atoms with Crippen LogP contribution in [-0.2, 0) is 0 Å². The van der Waals surface area contributed by atoms with E-state index in [1.54, 1.807) is 28.9 Å². The van der Waals surface area contributed by atoms with Gasteiger partial charge in [0.05, 0.1) is 11.1 Å². The van der Waals surface area contributed by atoms with E-state index < -0.39 is 4.92 Å². The normalized spacial score (nSPS) is 14.5. The molecule has 1 fully saturated rings. The van der Waals surface area contributed by atoms with Crippen molar-refractivity contribution < 1.29 is 14.5 Å². The van der Waals surface area contributed by atoms with Crippen molar-refractivity contribution in [3.05, 3.63) is 76.0 Å². The number of hydrogen-bond donors (Lipinski definition) is 2. The van der Waals surface area contributed by atoms with E-state index in [-0.39, 0.29) is 23.6 Å². The molecule has 2 N–H and O–H groups in total. The highest BCUT2D eigenvalue weighted by molar-refractivity contribution is 6.04. The Balaban J connectivity index is 1.38. The van der Waals surface area contributed by atoms with Crippen molar-refractivity contribution in [1.82, 2.24) is 24.5 Å². The first-order valence-corrected chi connectivity index (χ1v) is 12.8. The molecule has 1 aliphatic rings. The van der Waals surface area contributed by atoms with Crippen LogP contribution in [0.5, 0.6) is 6.01 Å². The fraction of sp³-hybridized carbons (Fsp3) is 0.333. The highest BCUT2D eigenvalue weighted by atomic mass is 16.6. The molecule has 0 aliphatic carbocycles. The summed E-state index contributed by atoms with van der Waals surface area (Å²) in [7, 11) is 2.10. The Morgan fingerprint density at radius 2 is 1.82 bits per heavy atom. The van der Waals surface area contributed by atoms with E-state index in [2.05, 4.69) is 46.5 Å². The summed E-state index contributed by atoms with van der Waals surface area (Å²) in [6.45, 7) is 6.09. The van der Waals surface area contributed by atoms with E-state index in [1.807, 2.05) is 6.07 Å². The fourth-order valence-corrected chi connectivity index (χ4v) is 4.41. The van der Waals surface area contributed by atoms with Crippen LogP contribution in [0.4, 0.5) is 23.0 Å². The summed E-state index contributed by atoms with van der Waals surface area (Å²) < 4.78 is 7.87. The summed E-state index contributed by atoms with van der Waals surface area (Å²) in [6.07, 6.45) is 3.64. The third-order valence-electron chi connectivity index (χ3n) is 6.65. The number of aromatic nitrogens is 4. The van der Waals surface area contributed by atoms with Crippen molar-refractivity contribution in [2.75, 3.05) is 30.8 Å². The Morgan fingerprint density at radius 1 is 1.10 bits per heavy atom. The number of hydrogen-bond acceptors (Lipinski definition) is 9. The van der Waals surface area contributed by atoms with Gasteiger partial charge < -0.3 is 20.3 Å². The van der Waals surface area contributed by atoms with Crippen LogP contribution in [-0.4, -0.2) is 61.6 Å². The summed E-state index contributed by atoms with van der Waals surface area (Å²) in [6, 6.07) is 12.9. The number of anilines is 3. The van der Waals surface area contributed by atoms with Crippen molar-refractivity contribution >= 4 is 34.6 Å². The lowest BCUT2D eigenvalue weighted by Crippen LogP contribution is -2.36. The third-order valence-corrected chi connectivity index (χ3v) is 6.65. The first kappa shape index (κ1) is 26.0. The van der Waals surface area contributed by atoms with Crippen LogP contribution in [0.2, 0.25) is 0 Å². The Hall–Kier alpha value is -4.58. The SMILES string of the molecule is CC(C)c1cnn2c(Nc3cccc(NC(=O)c4ccc([N+](=O)[O-])cc4)c3)nc(OC3CCN(C)CC3)nc12. The Kier molecular flexibility index (Phi) is 7.37. The molecule has 0 bridgehead atoms. The number of carbonyl (C=O) groups excluding carboxylic acids is 1. The molecule has 12 heteroatoms. The topological polar surface area (TPSA) is 140 Å². The Labute approximate surface area is 225 Å². The quantitative estimate of drug-likeness (QED) is 0.246. The van der Waals surface area contributed by atoms with Crippen molar-refractivity contribution in [3.63, 3.8) is 0 Å². The lowest BCUT2D eigenvalue weighted by molar-refractivity contribution is -0.384. The molecule has 12 nitrogen and oxygen atoms in total. The van der Waals surface area contributed by atoms with Gasteiger partial charge >= 0.3 is 6.01 Å². The van der Waals surface area contributed by atoms with Gasteiger partial charge in [0, 0.05) is 47.7 Å². The van der Waals surface area contributed by atoms with E-state index in [1.165, 1.54) is 24.3 Å². The highest BCUT2D eigenvalue weighted by Crippen LogP contribution is 2.27. The van der Waals surface area contributed by atoms with Gasteiger partial charge in [-0.25, -0.2) is 0 Å². The minimum atomic E-state index is -0.505. The van der Waals surface area contributed by atoms with Crippen molar-refractivity contribution in [2.45, 2.75) is 38.7 Å². The van der Waals surface area contributed by atoms with Gasteiger partial charge in [0.2, 0.25) is 5.95 Å². The summed E-state index contributed by atoms with van der Waals surface area (Å²) in [4.78, 5) is 34.7. The van der Waals surface area contributed by atoms with E-state index in [0.717, 1.165) is 31.5 Å². The second-order valence-corrected chi connectivity index (χ2v) is 9.90. The molecule has 1 saturated heterocycles. The average Bonchev–Trinajstić information content (AvgIpc) is 3.35. The molecule has 0 atom stereocenters. The molecule has 1 aliphatic heterocycles. The van der Waals surface area contributed by atoms with E-state index in [0.29, 0.717) is 34.5 Å². The van der Waals surface area contributed by atoms with Gasteiger partial charge in [0.25, 0.3) is 11.6 Å². The zero-order valence-electron chi connectivity index (χ0n) is 22.0. The number of piperidine rings is 1. The van der Waals surface area contributed by atoms with Crippen LogP contribution in [0.3, 0.4) is 0 Å². The van der Waals surface area contributed by atoms with Gasteiger partial charge in [-0.05, 0) is 56.1 Å². The van der Waals surface area contributed by atoms with Gasteiger partial charge in [-0.15, -0.1) is 0 Å². The molecular formula is C27H30N8O4. The number of benzene rings is 2. The van der Waals surface area contributed by atoms with Gasteiger partial charge in [0.15, 0.2) is 5.65 Å². The van der Waals surface area contributed by atoms with Crippen LogP contribution in [0.15, 0.2) is 54.7 Å². The lowest BCUT2D eigenvalue weighted by Gasteiger charge is -2.28. The van der Waals surface area contributed by atoms with E-state index in [9.17, 15) is 14.9 Å². The molecule has 3 heterocycles. The Bertz CT molecular complexity index is 1490. The molecular weight excluding hydrogens is 500 g/mol. The number of rotatable bonds is 8. The molecule has 4 aromatic rings. The maximum atomic E-state index is 12.7. The maximum Gasteiger partial charge on any atom is 0.322 e. The minimum Gasteiger partial charge on any atom is -0.460 e. The van der Waals surface area contributed by atoms with Crippen molar-refractivity contribution in [1.29, 1.82) is 0 Å². The zero-order valence-corrected chi connectivity index (χ0v) is 22.0. The molecule has 0 unspecified atom stereocenters. The van der Waals surface area contributed by atoms with Crippen LogP contribution in [0, 0.1) is 10.1 Å². The summed E-state index contributed by atoms with van der Waals surface area (Å²) in [5.41, 5.74) is 3.10. The standard InChI is InChI=1S/C27H30N8O4/c1-17(2)23-16-28-34-24(23)31-27(39-22-11-13-33(3)14-12-22)32-26(34)30-20-6-4-5-19(15-20)29-25(36)18-7-9-21(10-8-18)35(37)38/h4-10,15-17,22H,11-14H2,1-3H3,(H,29,36)(H,30,31,32). The Morgan fingerprint density at radius 3 is 2.51 bits per heavy atom. The second-order valence-electron chi connectivity index (χ2n) is 9.90. The number of nitrogens with one attached hydrogen (secondary N) is 2. The van der Waals surface area contributed by atoms with E-state index in [4.69, 9.17) is 9.72 Å². The number of nitro groups is 1. The molecule has 2 aromatic heterocycles. The fourth-order valence-electron chi connectivity index (χ4n) is 4.41. The van der Waals surface area contributed by atoms with Gasteiger partial charge in [-0.2, -0.15) is 19.6 Å². The number of amides is 1. The maximum absolute atomic E-state index is 12.7. The summed E-state index contributed by atoms with van der Waals surface area (Å²) in [5.74, 6) is 0.266. The average molecular weight is 531 g/mol. The number of likely N-dealkylation sites (tertiary alicyclic amines) is 1. The first-order valence-electron chi connectivity index (χ1n) is 12.8. The number of nitro benzene ring substituents is 1. The molecule has 39 heavy (non-hydrogen) atoms. The zero-order chi connectivity index (χ0) is 27.5. The van der Waals surface area contributed by atoms with Crippen LogP contribution in [0.1, 0.15) is 48.5 Å². The van der Waals surface area contributed by atoms with Gasteiger partial charge in [-0.3, -0.25) is 14.9 Å². The molecule has 2 aromatic carbocycles. The van der Waals surface area contributed by atoms with E-state index >= 15 is 0 Å². The van der Waals surface area contributed by atoms with Crippen molar-refractivity contribution in [3.8, 4) is 6.01 Å². The minimum absolute atomic E-state index is 0.0416. The molecule has 1 amide bonds. The number of fused-ring (bicyclic) bond motifs is 1. The monoisotopic (exact) mass is 530 g/mol. The summed E-state index contributed by atoms with van der Waals surface area (Å²) in [5, 5.41) is 21.5. The lowest BCUT2D eigenvalue weighted by atomic mass is 10.1.